The van der Waals surface area contributed by atoms with Crippen LogP contribution in [0.4, 0.5) is 0 Å². The summed E-state index contributed by atoms with van der Waals surface area (Å²) in [6.07, 6.45) is 5.41. The Hall–Kier alpha value is 0.288. The maximum Gasteiger partial charge on any atom is 0 e. The Bertz CT molecular complexity index is 145. The smallest absolute Gasteiger partial charge is 0 e. The van der Waals surface area contributed by atoms with Crippen molar-refractivity contribution in [2.24, 2.45) is 0 Å². The number of hydrogen-bond donors (Lipinski definition) is 2. The van der Waals surface area contributed by atoms with Crippen molar-refractivity contribution in [2.75, 3.05) is 21.1 Å². The first kappa shape index (κ1) is 29.9. The molecule has 0 saturated carbocycles. The zero-order valence-corrected chi connectivity index (χ0v) is 14.9. The van der Waals surface area contributed by atoms with Gasteiger partial charge in [0.2, 0.25) is 0 Å². The van der Waals surface area contributed by atoms with Crippen LogP contribution >= 0.6 is 0 Å². The topological polar surface area (TPSA) is 95.6 Å². The van der Waals surface area contributed by atoms with E-state index in [1.807, 2.05) is 0 Å². The van der Waals surface area contributed by atoms with Crippen molar-refractivity contribution in [3.05, 3.63) is 0 Å². The average molecular weight is 379 g/mol. The van der Waals surface area contributed by atoms with Gasteiger partial charge in [0.25, 0.3) is 0 Å². The van der Waals surface area contributed by atoms with Crippen LogP contribution in [-0.2, 0) is 84.6 Å². The summed E-state index contributed by atoms with van der Waals surface area (Å²) in [5.41, 5.74) is 0. The number of nitrogens with one attached hydrogen (secondary N) is 2. The Balaban J connectivity index is -0.0000000367. The number of hydrogen-bond acceptors (Lipinski definition) is 4. The molecule has 4 amide bonds. The molecule has 0 rings (SSSR count). The van der Waals surface area contributed by atoms with E-state index in [0.717, 1.165) is 0 Å². The first-order valence-corrected chi connectivity index (χ1v) is 3.21. The number of imide groups is 1. The monoisotopic (exact) mass is 379 g/mol. The van der Waals surface area contributed by atoms with Crippen molar-refractivity contribution < 1.29 is 84.6 Å². The molecule has 0 heterocycles. The Kier molecular flexibility index (Phi) is 67.6. The number of amides is 4. The predicted molar refractivity (Wildman–Crippen MR) is 48.7 cm³/mol. The van der Waals surface area contributed by atoms with Gasteiger partial charge in [0.05, 0.1) is 0 Å². The molecule has 0 bridgehead atoms. The number of carbonyl (C=O) groups excluding carboxylic acids is 4. The summed E-state index contributed by atoms with van der Waals surface area (Å²) in [4.78, 5) is 37.1. The van der Waals surface area contributed by atoms with E-state index in [-0.39, 0.29) is 65.4 Å². The van der Waals surface area contributed by atoms with E-state index in [0.29, 0.717) is 4.90 Å². The summed E-state index contributed by atoms with van der Waals surface area (Å²) in [5, 5.41) is 4.25. The molecule has 0 spiro atoms. The van der Waals surface area contributed by atoms with E-state index in [1.165, 1.54) is 46.8 Å². The second-order valence-corrected chi connectivity index (χ2v) is 1.45. The van der Waals surface area contributed by atoms with Crippen LogP contribution in [0.15, 0.2) is 0 Å². The third kappa shape index (κ3) is 63.8. The number of nitrogens with zero attached hydrogens (tertiary/aromatic N) is 1. The van der Waals surface area contributed by atoms with Crippen molar-refractivity contribution in [1.82, 2.24) is 15.5 Å². The summed E-state index contributed by atoms with van der Waals surface area (Å²) < 4.78 is 0. The Morgan fingerprint density at radius 2 is 1.00 bits per heavy atom. The van der Waals surface area contributed by atoms with E-state index in [1.54, 1.807) is 0 Å². The molecule has 0 aliphatic carbocycles. The van der Waals surface area contributed by atoms with Gasteiger partial charge >= 0.3 is 0 Å². The van der Waals surface area contributed by atoms with Crippen LogP contribution in [0, 0.1) is 0 Å². The maximum absolute atomic E-state index is 9.27. The van der Waals surface area contributed by atoms with Crippen LogP contribution in [0.25, 0.3) is 0 Å². The summed E-state index contributed by atoms with van der Waals surface area (Å²) in [5.74, 6) is 0. The van der Waals surface area contributed by atoms with Crippen LogP contribution < -0.4 is 10.6 Å². The van der Waals surface area contributed by atoms with Crippen LogP contribution in [-0.4, -0.2) is 51.7 Å². The normalized spacial score (nSPS) is 5.19. The molecule has 2 N–H and O–H groups in total. The standard InChI is InChI=1S/C3H3NO2.2C2H4NO.2Y/c1-4(2-5)3-6;2*1-3-2-4;;/h1H3;2*1H3,(H,3,4);;/q-2;2*-1;;. The summed E-state index contributed by atoms with van der Waals surface area (Å²) in [6.45, 7) is 0. The minimum atomic E-state index is 0. The molecule has 7 nitrogen and oxygen atoms in total. The summed E-state index contributed by atoms with van der Waals surface area (Å²) >= 11 is 0. The molecule has 0 atom stereocenters. The van der Waals surface area contributed by atoms with Gasteiger partial charge in [0, 0.05) is 65.4 Å². The zero-order valence-electron chi connectivity index (χ0n) is 9.23. The molecule has 0 unspecified atom stereocenters. The Morgan fingerprint density at radius 3 is 1.00 bits per heavy atom. The molecule has 2 radical (unpaired) electrons. The molecule has 0 fully saturated rings. The molecule has 0 aromatic rings. The van der Waals surface area contributed by atoms with Gasteiger partial charge in [0.15, 0.2) is 0 Å². The fourth-order valence-corrected chi connectivity index (χ4v) is 0.0186. The second-order valence-electron chi connectivity index (χ2n) is 1.45. The van der Waals surface area contributed by atoms with Gasteiger partial charge < -0.3 is 34.7 Å². The SMILES string of the molecule is CN([C-]=O)[C-]=O.CN[C-]=O.CN[C-]=O.[Y].[Y]. The molecule has 0 aliphatic heterocycles. The molecular weight excluding hydrogens is 368 g/mol. The largest absolute Gasteiger partial charge is 0.639 e. The van der Waals surface area contributed by atoms with E-state index >= 15 is 0 Å². The minimum absolute atomic E-state index is 0. The number of rotatable bonds is 4. The first-order chi connectivity index (χ1) is 6.64. The Labute approximate surface area is 145 Å². The molecule has 88 valence electrons. The van der Waals surface area contributed by atoms with E-state index in [4.69, 9.17) is 9.59 Å². The summed E-state index contributed by atoms with van der Waals surface area (Å²) in [6, 6.07) is 0. The molecular formula is C7H11N3O4Y2-4. The molecule has 0 saturated heterocycles. The minimum Gasteiger partial charge on any atom is -0.639 e. The van der Waals surface area contributed by atoms with Gasteiger partial charge in [-0.1, -0.05) is 0 Å². The predicted octanol–water partition coefficient (Wildman–Crippen LogP) is -2.41. The fourth-order valence-electron chi connectivity index (χ4n) is 0.0186. The molecule has 0 aromatic heterocycles. The van der Waals surface area contributed by atoms with Crippen LogP contribution in [0.5, 0.6) is 0 Å². The van der Waals surface area contributed by atoms with Gasteiger partial charge in [-0.25, -0.2) is 0 Å². The van der Waals surface area contributed by atoms with E-state index in [9.17, 15) is 9.59 Å². The first-order valence-electron chi connectivity index (χ1n) is 3.21. The summed E-state index contributed by atoms with van der Waals surface area (Å²) in [7, 11) is 4.28. The van der Waals surface area contributed by atoms with Crippen LogP contribution in [0.1, 0.15) is 0 Å². The van der Waals surface area contributed by atoms with Crippen molar-refractivity contribution in [3.63, 3.8) is 0 Å². The van der Waals surface area contributed by atoms with Crippen LogP contribution in [0.3, 0.4) is 0 Å². The van der Waals surface area contributed by atoms with Gasteiger partial charge in [-0.05, 0) is 21.1 Å². The van der Waals surface area contributed by atoms with E-state index in [2.05, 4.69) is 10.6 Å². The van der Waals surface area contributed by atoms with Crippen molar-refractivity contribution in [3.8, 4) is 0 Å². The third-order valence-electron chi connectivity index (χ3n) is 0.478. The van der Waals surface area contributed by atoms with E-state index < -0.39 is 0 Å². The van der Waals surface area contributed by atoms with Crippen molar-refractivity contribution in [1.29, 1.82) is 0 Å². The zero-order chi connectivity index (χ0) is 11.8. The van der Waals surface area contributed by atoms with Crippen LogP contribution in [0.2, 0.25) is 0 Å². The van der Waals surface area contributed by atoms with Crippen molar-refractivity contribution in [2.45, 2.75) is 0 Å². The molecule has 0 aromatic carbocycles. The van der Waals surface area contributed by atoms with Gasteiger partial charge in [-0.15, -0.1) is 0 Å². The average Bonchev–Trinajstić information content (AvgIpc) is 2.28. The fraction of sp³-hybridized carbons (Fsp3) is 0.429. The maximum atomic E-state index is 9.27. The quantitative estimate of drug-likeness (QED) is 0.421. The van der Waals surface area contributed by atoms with Gasteiger partial charge in [-0.3, -0.25) is 0 Å². The van der Waals surface area contributed by atoms with Gasteiger partial charge in [0.1, 0.15) is 0 Å². The Morgan fingerprint density at radius 1 is 0.812 bits per heavy atom. The second kappa shape index (κ2) is 36.2. The molecule has 0 aliphatic rings. The third-order valence-corrected chi connectivity index (χ3v) is 0.478. The molecule has 16 heavy (non-hydrogen) atoms. The molecule has 9 heteroatoms. The van der Waals surface area contributed by atoms with Gasteiger partial charge in [-0.2, -0.15) is 25.6 Å². The van der Waals surface area contributed by atoms with Crippen molar-refractivity contribution >= 4 is 25.6 Å².